The van der Waals surface area contributed by atoms with Crippen molar-refractivity contribution in [1.29, 1.82) is 0 Å². The molecule has 1 fully saturated rings. The Hall–Kier alpha value is -2.87. The third kappa shape index (κ3) is 6.53. The van der Waals surface area contributed by atoms with Gasteiger partial charge in [-0.3, -0.25) is 9.59 Å². The zero-order chi connectivity index (χ0) is 27.3. The summed E-state index contributed by atoms with van der Waals surface area (Å²) < 4.78 is 16.4. The first-order valence-corrected chi connectivity index (χ1v) is 13.7. The van der Waals surface area contributed by atoms with Crippen LogP contribution in [0, 0.1) is 5.92 Å². The molecule has 8 heteroatoms. The highest BCUT2D eigenvalue weighted by atomic mass is 32.2. The Kier molecular flexibility index (Phi) is 9.40. The monoisotopic (exact) mass is 528 g/mol. The van der Waals surface area contributed by atoms with Gasteiger partial charge in [0.25, 0.3) is 5.91 Å². The second kappa shape index (κ2) is 12.1. The van der Waals surface area contributed by atoms with Gasteiger partial charge < -0.3 is 24.4 Å². The summed E-state index contributed by atoms with van der Waals surface area (Å²) in [7, 11) is 4.55. The molecule has 1 aliphatic rings. The van der Waals surface area contributed by atoms with Crippen molar-refractivity contribution in [3.05, 3.63) is 53.1 Å². The molecule has 0 aliphatic carbocycles. The second-order valence-electron chi connectivity index (χ2n) is 10.7. The van der Waals surface area contributed by atoms with E-state index in [1.807, 2.05) is 0 Å². The van der Waals surface area contributed by atoms with Crippen LogP contribution in [0.1, 0.15) is 67.9 Å². The maximum atomic E-state index is 14.1. The van der Waals surface area contributed by atoms with Gasteiger partial charge in [0, 0.05) is 17.9 Å². The lowest BCUT2D eigenvalue weighted by Crippen LogP contribution is -2.48. The normalized spacial score (nSPS) is 17.6. The fourth-order valence-corrected chi connectivity index (χ4v) is 5.75. The van der Waals surface area contributed by atoms with Crippen LogP contribution < -0.4 is 19.5 Å². The van der Waals surface area contributed by atoms with Crippen molar-refractivity contribution in [2.75, 3.05) is 33.6 Å². The van der Waals surface area contributed by atoms with Crippen LogP contribution in [0.4, 0.5) is 0 Å². The van der Waals surface area contributed by atoms with Crippen LogP contribution in [0.15, 0.2) is 36.4 Å². The molecule has 0 spiro atoms. The van der Waals surface area contributed by atoms with Crippen LogP contribution in [0.5, 0.6) is 17.2 Å². The van der Waals surface area contributed by atoms with Crippen molar-refractivity contribution in [3.63, 3.8) is 0 Å². The van der Waals surface area contributed by atoms with Gasteiger partial charge >= 0.3 is 0 Å². The Morgan fingerprint density at radius 2 is 1.62 bits per heavy atom. The lowest BCUT2D eigenvalue weighted by atomic mass is 9.86. The molecule has 1 saturated heterocycles. The lowest BCUT2D eigenvalue weighted by Gasteiger charge is -2.30. The van der Waals surface area contributed by atoms with Crippen molar-refractivity contribution in [2.24, 2.45) is 5.92 Å². The van der Waals surface area contributed by atoms with E-state index in [0.717, 1.165) is 12.0 Å². The van der Waals surface area contributed by atoms with Gasteiger partial charge in [-0.25, -0.2) is 0 Å². The molecule has 7 nitrogen and oxygen atoms in total. The standard InChI is InChI=1S/C29H40N2O5S/c1-18(2)13-14-30-26(32)22-17-37-28(19-9-11-21(12-10-19)29(3,4)5)31(22)27(33)20-15-23(34-6)25(36-8)24(16-20)35-7/h9-12,15-16,18,22,28H,13-14,17H2,1-8H3,(H,30,32). The Bertz CT molecular complexity index is 1070. The molecule has 2 amide bonds. The van der Waals surface area contributed by atoms with Crippen LogP contribution in [0.3, 0.4) is 0 Å². The second-order valence-corrected chi connectivity index (χ2v) is 11.8. The zero-order valence-corrected chi connectivity index (χ0v) is 24.0. The number of rotatable bonds is 9. The van der Waals surface area contributed by atoms with Crippen LogP contribution in [0.25, 0.3) is 0 Å². The number of ether oxygens (including phenoxy) is 3. The van der Waals surface area contributed by atoms with E-state index in [0.29, 0.717) is 41.0 Å². The van der Waals surface area contributed by atoms with Crippen molar-refractivity contribution in [1.82, 2.24) is 10.2 Å². The van der Waals surface area contributed by atoms with E-state index < -0.39 is 6.04 Å². The van der Waals surface area contributed by atoms with Crippen LogP contribution in [-0.2, 0) is 10.2 Å². The Labute approximate surface area is 225 Å². The van der Waals surface area contributed by atoms with Crippen molar-refractivity contribution in [2.45, 2.75) is 57.9 Å². The van der Waals surface area contributed by atoms with E-state index in [1.54, 1.807) is 28.8 Å². The molecule has 0 radical (unpaired) electrons. The Morgan fingerprint density at radius 1 is 1.03 bits per heavy atom. The molecule has 2 aromatic rings. The summed E-state index contributed by atoms with van der Waals surface area (Å²) in [5.41, 5.74) is 2.58. The van der Waals surface area contributed by atoms with Crippen LogP contribution in [-0.4, -0.2) is 56.4 Å². The van der Waals surface area contributed by atoms with Gasteiger partial charge in [0.05, 0.1) is 21.3 Å². The minimum Gasteiger partial charge on any atom is -0.493 e. The molecule has 3 rings (SSSR count). The summed E-state index contributed by atoms with van der Waals surface area (Å²) >= 11 is 1.60. The van der Waals surface area contributed by atoms with Gasteiger partial charge in [0.2, 0.25) is 11.7 Å². The van der Waals surface area contributed by atoms with Gasteiger partial charge in [-0.2, -0.15) is 0 Å². The molecule has 202 valence electrons. The number of thioether (sulfide) groups is 1. The first-order chi connectivity index (χ1) is 17.5. The van der Waals surface area contributed by atoms with Gasteiger partial charge in [0.1, 0.15) is 11.4 Å². The number of hydrogen-bond donors (Lipinski definition) is 1. The molecule has 1 aliphatic heterocycles. The summed E-state index contributed by atoms with van der Waals surface area (Å²) in [5.74, 6) is 1.78. The molecular weight excluding hydrogens is 488 g/mol. The predicted molar refractivity (Wildman–Crippen MR) is 149 cm³/mol. The summed E-state index contributed by atoms with van der Waals surface area (Å²) in [6, 6.07) is 11.0. The number of benzene rings is 2. The average Bonchev–Trinajstić information content (AvgIpc) is 3.31. The highest BCUT2D eigenvalue weighted by Gasteiger charge is 2.43. The van der Waals surface area contributed by atoms with Gasteiger partial charge in [-0.15, -0.1) is 11.8 Å². The fourth-order valence-electron chi connectivity index (χ4n) is 4.32. The number of nitrogens with zero attached hydrogens (tertiary/aromatic N) is 1. The molecule has 0 bridgehead atoms. The molecule has 1 heterocycles. The molecular formula is C29H40N2O5S. The first-order valence-electron chi connectivity index (χ1n) is 12.6. The first kappa shape index (κ1) is 28.7. The van der Waals surface area contributed by atoms with E-state index in [-0.39, 0.29) is 22.6 Å². The van der Waals surface area contributed by atoms with Crippen LogP contribution in [0.2, 0.25) is 0 Å². The average molecular weight is 529 g/mol. The van der Waals surface area contributed by atoms with Crippen molar-refractivity contribution in [3.8, 4) is 17.2 Å². The third-order valence-corrected chi connectivity index (χ3v) is 7.86. The van der Waals surface area contributed by atoms with Crippen molar-refractivity contribution >= 4 is 23.6 Å². The Balaban J connectivity index is 2.01. The fraction of sp³-hybridized carbons (Fsp3) is 0.517. The van der Waals surface area contributed by atoms with E-state index in [9.17, 15) is 9.59 Å². The molecule has 2 aromatic carbocycles. The molecule has 0 saturated carbocycles. The van der Waals surface area contributed by atoms with E-state index in [4.69, 9.17) is 14.2 Å². The quantitative estimate of drug-likeness (QED) is 0.468. The highest BCUT2D eigenvalue weighted by molar-refractivity contribution is 7.99. The number of hydrogen-bond acceptors (Lipinski definition) is 6. The van der Waals surface area contributed by atoms with Crippen LogP contribution >= 0.6 is 11.8 Å². The molecule has 1 N–H and O–H groups in total. The number of amides is 2. The maximum absolute atomic E-state index is 14.1. The number of nitrogens with one attached hydrogen (secondary N) is 1. The van der Waals surface area contributed by atoms with E-state index in [2.05, 4.69) is 64.2 Å². The van der Waals surface area contributed by atoms with Crippen molar-refractivity contribution < 1.29 is 23.8 Å². The number of carbonyl (C=O) groups excluding carboxylic acids is 2. The molecule has 0 aromatic heterocycles. The SMILES string of the molecule is COc1cc(C(=O)N2C(C(=O)NCCC(C)C)CSC2c2ccc(C(C)(C)C)cc2)cc(OC)c1OC. The largest absolute Gasteiger partial charge is 0.493 e. The van der Waals surface area contributed by atoms with Gasteiger partial charge in [-0.05, 0) is 41.0 Å². The zero-order valence-electron chi connectivity index (χ0n) is 23.2. The number of carbonyl (C=O) groups is 2. The minimum absolute atomic E-state index is 0.0197. The summed E-state index contributed by atoms with van der Waals surface area (Å²) in [4.78, 5) is 29.1. The maximum Gasteiger partial charge on any atom is 0.256 e. The summed E-state index contributed by atoms with van der Waals surface area (Å²) in [6.45, 7) is 11.3. The topological polar surface area (TPSA) is 77.1 Å². The minimum atomic E-state index is -0.601. The van der Waals surface area contributed by atoms with Gasteiger partial charge in [-0.1, -0.05) is 58.9 Å². The highest BCUT2D eigenvalue weighted by Crippen LogP contribution is 2.44. The number of methoxy groups -OCH3 is 3. The molecule has 2 unspecified atom stereocenters. The Morgan fingerprint density at radius 3 is 2.11 bits per heavy atom. The third-order valence-electron chi connectivity index (χ3n) is 6.53. The smallest absolute Gasteiger partial charge is 0.256 e. The lowest BCUT2D eigenvalue weighted by molar-refractivity contribution is -0.124. The van der Waals surface area contributed by atoms with Gasteiger partial charge in [0.15, 0.2) is 11.5 Å². The predicted octanol–water partition coefficient (Wildman–Crippen LogP) is 5.43. The summed E-state index contributed by atoms with van der Waals surface area (Å²) in [6.07, 6.45) is 0.879. The molecule has 2 atom stereocenters. The summed E-state index contributed by atoms with van der Waals surface area (Å²) in [5, 5.41) is 2.74. The van der Waals surface area contributed by atoms with E-state index >= 15 is 0 Å². The van der Waals surface area contributed by atoms with E-state index in [1.165, 1.54) is 26.9 Å². The molecule has 37 heavy (non-hydrogen) atoms.